The summed E-state index contributed by atoms with van der Waals surface area (Å²) >= 11 is 0. The minimum absolute atomic E-state index is 0.558. The summed E-state index contributed by atoms with van der Waals surface area (Å²) in [5.41, 5.74) is 12.3. The van der Waals surface area contributed by atoms with Gasteiger partial charge in [-0.15, -0.1) is 0 Å². The molecule has 9 aromatic carbocycles. The maximum atomic E-state index is 6.70. The van der Waals surface area contributed by atoms with Gasteiger partial charge in [0.15, 0.2) is 0 Å². The molecule has 0 N–H and O–H groups in total. The molecule has 286 valence electrons. The van der Waals surface area contributed by atoms with Crippen molar-refractivity contribution in [3.63, 3.8) is 0 Å². The van der Waals surface area contributed by atoms with Crippen molar-refractivity contribution >= 4 is 115 Å². The summed E-state index contributed by atoms with van der Waals surface area (Å²) in [6.07, 6.45) is 0. The van der Waals surface area contributed by atoms with E-state index in [-0.39, 0.29) is 0 Å². The molecule has 0 saturated carbocycles. The van der Waals surface area contributed by atoms with Crippen LogP contribution in [0.5, 0.6) is 0 Å². The van der Waals surface area contributed by atoms with Crippen LogP contribution in [-0.4, -0.2) is 23.5 Å². The first-order valence-corrected chi connectivity index (χ1v) is 21.1. The summed E-state index contributed by atoms with van der Waals surface area (Å²) in [5.74, 6) is 0.567. The summed E-state index contributed by atoms with van der Waals surface area (Å²) in [7, 11) is 0. The molecule has 6 aromatic heterocycles. The second-order valence-corrected chi connectivity index (χ2v) is 16.5. The van der Waals surface area contributed by atoms with Crippen LogP contribution in [-0.2, 0) is 0 Å². The Bertz CT molecular complexity index is 4390. The lowest BCUT2D eigenvalue weighted by Gasteiger charge is -2.11. The highest BCUT2D eigenvalue weighted by Crippen LogP contribution is 2.48. The summed E-state index contributed by atoms with van der Waals surface area (Å²) in [6.45, 7) is 0. The first-order valence-electron chi connectivity index (χ1n) is 21.1. The summed E-state index contributed by atoms with van der Waals surface area (Å²) < 4.78 is 13.8. The molecule has 0 atom stereocenters. The number of aromatic nitrogens is 5. The molecule has 0 amide bonds. The van der Waals surface area contributed by atoms with E-state index in [1.165, 1.54) is 54.3 Å². The number of fused-ring (bicyclic) bond motifs is 18. The second-order valence-electron chi connectivity index (χ2n) is 16.5. The molecule has 15 aromatic rings. The quantitative estimate of drug-likeness (QED) is 0.179. The van der Waals surface area contributed by atoms with Crippen LogP contribution in [0.2, 0.25) is 0 Å². The predicted molar refractivity (Wildman–Crippen MR) is 256 cm³/mol. The number of rotatable bonds is 3. The third-order valence-corrected chi connectivity index (χ3v) is 13.4. The van der Waals surface area contributed by atoms with Crippen LogP contribution in [0.3, 0.4) is 0 Å². The molecule has 0 unspecified atom stereocenters. The fraction of sp³-hybridized carbons (Fsp3) is 0. The maximum absolute atomic E-state index is 6.70. The predicted octanol–water partition coefficient (Wildman–Crippen LogP) is 14.5. The normalized spacial score (nSPS) is 12.5. The van der Waals surface area contributed by atoms with Crippen molar-refractivity contribution in [3.8, 4) is 22.9 Å². The standard InChI is InChI=1S/C56H31N5O/c1-2-15-34(16-3-1)59-43-22-10-6-18-36(43)40-30-33(27-28-46(40)59)52-50-39-21-9-13-25-48(39)62-55(50)58-56(57-52)61-44-23-11-7-19-37(44)41-31-42-49-35-17-5-4-14-32(35)26-29-47(49)60-45-24-12-8-20-38(45)51(53(41)61)54(42)60/h1-31H. The van der Waals surface area contributed by atoms with Gasteiger partial charge in [-0.2, -0.15) is 4.98 Å². The lowest BCUT2D eigenvalue weighted by Crippen LogP contribution is -2.03. The van der Waals surface area contributed by atoms with Crippen LogP contribution in [0.4, 0.5) is 0 Å². The van der Waals surface area contributed by atoms with E-state index in [9.17, 15) is 0 Å². The van der Waals surface area contributed by atoms with Crippen LogP contribution in [0, 0.1) is 0 Å². The highest BCUT2D eigenvalue weighted by molar-refractivity contribution is 6.36. The van der Waals surface area contributed by atoms with Gasteiger partial charge in [0.2, 0.25) is 11.7 Å². The smallest absolute Gasteiger partial charge is 0.238 e. The minimum atomic E-state index is 0.558. The van der Waals surface area contributed by atoms with Gasteiger partial charge in [0.05, 0.1) is 49.7 Å². The summed E-state index contributed by atoms with van der Waals surface area (Å²) in [5, 5.41) is 14.0. The largest absolute Gasteiger partial charge is 0.437 e. The number of furan rings is 1. The van der Waals surface area contributed by atoms with Crippen molar-refractivity contribution in [2.75, 3.05) is 0 Å². The third kappa shape index (κ3) is 4.04. The molecule has 62 heavy (non-hydrogen) atoms. The molecule has 0 aliphatic carbocycles. The van der Waals surface area contributed by atoms with E-state index < -0.39 is 0 Å². The molecule has 0 aliphatic rings. The summed E-state index contributed by atoms with van der Waals surface area (Å²) in [6, 6.07) is 67.5. The van der Waals surface area contributed by atoms with Gasteiger partial charge in [0, 0.05) is 59.7 Å². The van der Waals surface area contributed by atoms with Gasteiger partial charge >= 0.3 is 0 Å². The number of para-hydroxylation sites is 5. The molecular weight excluding hydrogens is 759 g/mol. The van der Waals surface area contributed by atoms with Crippen molar-refractivity contribution in [3.05, 3.63) is 188 Å². The van der Waals surface area contributed by atoms with Crippen LogP contribution in [0.1, 0.15) is 0 Å². The SMILES string of the molecule is c1ccc(-n2c3ccccc3c3cc(-c4nc(-n5c6ccccc6c6cc7c8c9ccccc9ccc8n8c9ccccc9c(c65)c78)nc5oc6ccccc6c45)ccc32)cc1. The first kappa shape index (κ1) is 32.4. The highest BCUT2D eigenvalue weighted by Gasteiger charge is 2.27. The zero-order valence-electron chi connectivity index (χ0n) is 33.0. The fourth-order valence-corrected chi connectivity index (χ4v) is 10.9. The third-order valence-electron chi connectivity index (χ3n) is 13.4. The van der Waals surface area contributed by atoms with Gasteiger partial charge < -0.3 is 13.4 Å². The van der Waals surface area contributed by atoms with E-state index in [0.29, 0.717) is 11.7 Å². The van der Waals surface area contributed by atoms with Gasteiger partial charge in [-0.1, -0.05) is 127 Å². The minimum Gasteiger partial charge on any atom is -0.437 e. The molecule has 6 nitrogen and oxygen atoms in total. The molecule has 6 heterocycles. The molecule has 0 saturated heterocycles. The summed E-state index contributed by atoms with van der Waals surface area (Å²) in [4.78, 5) is 11.1. The molecule has 0 spiro atoms. The Balaban J connectivity index is 1.09. The van der Waals surface area contributed by atoms with E-state index in [1.807, 2.05) is 12.1 Å². The average Bonchev–Trinajstić information content (AvgIpc) is 4.13. The number of hydrogen-bond donors (Lipinski definition) is 0. The maximum Gasteiger partial charge on any atom is 0.238 e. The van der Waals surface area contributed by atoms with Crippen LogP contribution in [0.15, 0.2) is 192 Å². The lowest BCUT2D eigenvalue weighted by atomic mass is 10.00. The zero-order chi connectivity index (χ0) is 40.2. The topological polar surface area (TPSA) is 53.2 Å². The number of benzene rings is 9. The molecule has 0 aliphatic heterocycles. The van der Waals surface area contributed by atoms with Crippen molar-refractivity contribution in [1.82, 2.24) is 23.5 Å². The fourth-order valence-electron chi connectivity index (χ4n) is 10.9. The first-order chi connectivity index (χ1) is 30.8. The van der Waals surface area contributed by atoms with Gasteiger partial charge in [-0.3, -0.25) is 4.57 Å². The van der Waals surface area contributed by atoms with Crippen molar-refractivity contribution in [2.45, 2.75) is 0 Å². The number of nitrogens with zero attached hydrogens (tertiary/aromatic N) is 5. The van der Waals surface area contributed by atoms with Gasteiger partial charge in [-0.25, -0.2) is 4.98 Å². The Morgan fingerprint density at radius 1 is 0.371 bits per heavy atom. The molecule has 0 radical (unpaired) electrons. The van der Waals surface area contributed by atoms with Gasteiger partial charge in [0.1, 0.15) is 5.58 Å². The molecule has 6 heteroatoms. The number of hydrogen-bond acceptors (Lipinski definition) is 3. The Morgan fingerprint density at radius 3 is 1.85 bits per heavy atom. The lowest BCUT2D eigenvalue weighted by molar-refractivity contribution is 0.651. The zero-order valence-corrected chi connectivity index (χ0v) is 33.0. The van der Waals surface area contributed by atoms with Crippen LogP contribution >= 0.6 is 0 Å². The van der Waals surface area contributed by atoms with Crippen molar-refractivity contribution < 1.29 is 4.42 Å². The average molecular weight is 790 g/mol. The highest BCUT2D eigenvalue weighted by atomic mass is 16.3. The van der Waals surface area contributed by atoms with Crippen LogP contribution in [0.25, 0.3) is 137 Å². The Labute approximate surface area is 352 Å². The molecular formula is C56H31N5O. The van der Waals surface area contributed by atoms with E-state index in [0.717, 1.165) is 71.5 Å². The Kier molecular flexibility index (Phi) is 6.07. The van der Waals surface area contributed by atoms with Gasteiger partial charge in [0.25, 0.3) is 0 Å². The Morgan fingerprint density at radius 2 is 1.02 bits per heavy atom. The van der Waals surface area contributed by atoms with Gasteiger partial charge in [-0.05, 0) is 71.4 Å². The monoisotopic (exact) mass is 789 g/mol. The molecule has 15 rings (SSSR count). The van der Waals surface area contributed by atoms with Crippen molar-refractivity contribution in [2.24, 2.45) is 0 Å². The second kappa shape index (κ2) is 11.6. The van der Waals surface area contributed by atoms with E-state index in [4.69, 9.17) is 14.4 Å². The van der Waals surface area contributed by atoms with E-state index >= 15 is 0 Å². The van der Waals surface area contributed by atoms with E-state index in [2.05, 4.69) is 189 Å². The van der Waals surface area contributed by atoms with Crippen molar-refractivity contribution in [1.29, 1.82) is 0 Å². The molecule has 0 bridgehead atoms. The molecule has 0 fully saturated rings. The van der Waals surface area contributed by atoms with Crippen LogP contribution < -0.4 is 0 Å². The van der Waals surface area contributed by atoms with E-state index in [1.54, 1.807) is 0 Å². The Hall–Kier alpha value is -8.48.